The quantitative estimate of drug-likeness (QED) is 0.693. The molecule has 1 aromatic carbocycles. The molecular weight excluding hydrogens is 312 g/mol. The molecule has 0 aliphatic carbocycles. The van der Waals surface area contributed by atoms with Gasteiger partial charge in [-0.25, -0.2) is 0 Å². The number of halogens is 1. The van der Waals surface area contributed by atoms with Crippen molar-refractivity contribution in [3.8, 4) is 0 Å². The third-order valence-corrected chi connectivity index (χ3v) is 4.72. The predicted molar refractivity (Wildman–Crippen MR) is 93.5 cm³/mol. The molecule has 0 saturated carbocycles. The number of anilines is 1. The SMILES string of the molecule is CCNCc1ccc(N(CC)CC(CC)CC)cc1Br. The van der Waals surface area contributed by atoms with Crippen molar-refractivity contribution in [2.24, 2.45) is 5.92 Å². The highest BCUT2D eigenvalue weighted by molar-refractivity contribution is 9.10. The maximum atomic E-state index is 3.71. The van der Waals surface area contributed by atoms with E-state index in [1.165, 1.54) is 28.6 Å². The highest BCUT2D eigenvalue weighted by atomic mass is 79.9. The van der Waals surface area contributed by atoms with Crippen LogP contribution in [0.4, 0.5) is 5.69 Å². The summed E-state index contributed by atoms with van der Waals surface area (Å²) in [4.78, 5) is 2.49. The molecule has 0 fully saturated rings. The van der Waals surface area contributed by atoms with E-state index < -0.39 is 0 Å². The molecule has 1 rings (SSSR count). The van der Waals surface area contributed by atoms with Crippen molar-refractivity contribution in [1.29, 1.82) is 0 Å². The van der Waals surface area contributed by atoms with Crippen LogP contribution < -0.4 is 10.2 Å². The lowest BCUT2D eigenvalue weighted by Gasteiger charge is -2.28. The summed E-state index contributed by atoms with van der Waals surface area (Å²) in [6.07, 6.45) is 2.51. The molecule has 1 N–H and O–H groups in total. The molecule has 3 heteroatoms. The average Bonchev–Trinajstić information content (AvgIpc) is 2.47. The molecule has 20 heavy (non-hydrogen) atoms. The van der Waals surface area contributed by atoms with Gasteiger partial charge >= 0.3 is 0 Å². The first-order chi connectivity index (χ1) is 9.65. The van der Waals surface area contributed by atoms with Crippen LogP contribution in [0.3, 0.4) is 0 Å². The van der Waals surface area contributed by atoms with E-state index in [9.17, 15) is 0 Å². The Kier molecular flexibility index (Phi) is 8.24. The fraction of sp³-hybridized carbons (Fsp3) is 0.647. The maximum absolute atomic E-state index is 3.71. The molecule has 0 unspecified atom stereocenters. The van der Waals surface area contributed by atoms with E-state index in [0.29, 0.717) is 0 Å². The van der Waals surface area contributed by atoms with Crippen molar-refractivity contribution in [2.75, 3.05) is 24.5 Å². The highest BCUT2D eigenvalue weighted by Gasteiger charge is 2.12. The Balaban J connectivity index is 2.80. The van der Waals surface area contributed by atoms with Crippen LogP contribution in [0.5, 0.6) is 0 Å². The number of rotatable bonds is 9. The number of hydrogen-bond acceptors (Lipinski definition) is 2. The minimum Gasteiger partial charge on any atom is -0.372 e. The molecule has 0 atom stereocenters. The summed E-state index contributed by atoms with van der Waals surface area (Å²) in [7, 11) is 0. The van der Waals surface area contributed by atoms with E-state index in [2.05, 4.69) is 72.0 Å². The molecule has 2 nitrogen and oxygen atoms in total. The summed E-state index contributed by atoms with van der Waals surface area (Å²) in [5.41, 5.74) is 2.65. The van der Waals surface area contributed by atoms with Gasteiger partial charge in [0.15, 0.2) is 0 Å². The molecule has 114 valence electrons. The van der Waals surface area contributed by atoms with Crippen LogP contribution in [0.1, 0.15) is 46.1 Å². The van der Waals surface area contributed by atoms with Gasteiger partial charge in [-0.15, -0.1) is 0 Å². The first kappa shape index (κ1) is 17.5. The maximum Gasteiger partial charge on any atom is 0.0377 e. The second-order valence-corrected chi connectivity index (χ2v) is 6.13. The Hall–Kier alpha value is -0.540. The molecule has 0 aromatic heterocycles. The van der Waals surface area contributed by atoms with Gasteiger partial charge in [-0.05, 0) is 37.1 Å². The van der Waals surface area contributed by atoms with Crippen molar-refractivity contribution in [3.63, 3.8) is 0 Å². The zero-order valence-corrected chi connectivity index (χ0v) is 15.0. The van der Waals surface area contributed by atoms with Crippen molar-refractivity contribution < 1.29 is 0 Å². The summed E-state index contributed by atoms with van der Waals surface area (Å²) in [6.45, 7) is 13.1. The van der Waals surface area contributed by atoms with Crippen LogP contribution in [0, 0.1) is 5.92 Å². The smallest absolute Gasteiger partial charge is 0.0377 e. The van der Waals surface area contributed by atoms with Gasteiger partial charge in [0.05, 0.1) is 0 Å². The van der Waals surface area contributed by atoms with Gasteiger partial charge in [-0.1, -0.05) is 55.6 Å². The fourth-order valence-corrected chi connectivity index (χ4v) is 2.92. The first-order valence-electron chi connectivity index (χ1n) is 7.90. The van der Waals surface area contributed by atoms with Crippen molar-refractivity contribution in [1.82, 2.24) is 5.32 Å². The zero-order chi connectivity index (χ0) is 15.0. The molecule has 0 heterocycles. The normalized spacial score (nSPS) is 11.1. The lowest BCUT2D eigenvalue weighted by molar-refractivity contribution is 0.486. The van der Waals surface area contributed by atoms with E-state index in [-0.39, 0.29) is 0 Å². The third kappa shape index (κ3) is 5.10. The lowest BCUT2D eigenvalue weighted by atomic mass is 10.0. The Morgan fingerprint density at radius 1 is 1.15 bits per heavy atom. The van der Waals surface area contributed by atoms with Crippen LogP contribution in [0.25, 0.3) is 0 Å². The van der Waals surface area contributed by atoms with Gasteiger partial charge in [0, 0.05) is 29.8 Å². The van der Waals surface area contributed by atoms with Gasteiger partial charge in [-0.2, -0.15) is 0 Å². The molecule has 0 aliphatic rings. The predicted octanol–water partition coefficient (Wildman–Crippen LogP) is 4.82. The summed E-state index contributed by atoms with van der Waals surface area (Å²) in [5.74, 6) is 0.787. The minimum absolute atomic E-state index is 0.787. The van der Waals surface area contributed by atoms with Gasteiger partial charge in [0.2, 0.25) is 0 Å². The summed E-state index contributed by atoms with van der Waals surface area (Å²) < 4.78 is 1.21. The number of hydrogen-bond donors (Lipinski definition) is 1. The minimum atomic E-state index is 0.787. The number of benzene rings is 1. The second-order valence-electron chi connectivity index (χ2n) is 5.28. The van der Waals surface area contributed by atoms with E-state index >= 15 is 0 Å². The van der Waals surface area contributed by atoms with Gasteiger partial charge in [0.25, 0.3) is 0 Å². The Morgan fingerprint density at radius 2 is 1.85 bits per heavy atom. The topological polar surface area (TPSA) is 15.3 Å². The molecule has 0 spiro atoms. The monoisotopic (exact) mass is 340 g/mol. The van der Waals surface area contributed by atoms with Crippen molar-refractivity contribution in [3.05, 3.63) is 28.2 Å². The van der Waals surface area contributed by atoms with Crippen LogP contribution in [0.15, 0.2) is 22.7 Å². The van der Waals surface area contributed by atoms with Crippen LogP contribution in [-0.4, -0.2) is 19.6 Å². The van der Waals surface area contributed by atoms with Crippen molar-refractivity contribution >= 4 is 21.6 Å². The summed E-state index contributed by atoms with van der Waals surface area (Å²) in [5, 5.41) is 3.37. The zero-order valence-electron chi connectivity index (χ0n) is 13.4. The third-order valence-electron chi connectivity index (χ3n) is 3.98. The largest absolute Gasteiger partial charge is 0.372 e. The molecule has 0 aliphatic heterocycles. The second kappa shape index (κ2) is 9.41. The Labute approximate surface area is 133 Å². The fourth-order valence-electron chi connectivity index (χ4n) is 2.41. The number of nitrogens with zero attached hydrogens (tertiary/aromatic N) is 1. The van der Waals surface area contributed by atoms with Gasteiger partial charge < -0.3 is 10.2 Å². The molecule has 0 amide bonds. The average molecular weight is 341 g/mol. The van der Waals surface area contributed by atoms with E-state index in [0.717, 1.165) is 32.1 Å². The molecule has 1 aromatic rings. The molecular formula is C17H29BrN2. The Morgan fingerprint density at radius 3 is 2.35 bits per heavy atom. The van der Waals surface area contributed by atoms with E-state index in [1.807, 2.05) is 0 Å². The van der Waals surface area contributed by atoms with Crippen LogP contribution in [0.2, 0.25) is 0 Å². The standard InChI is InChI=1S/C17H29BrN2/c1-5-14(6-2)13-20(8-4)16-10-9-15(12-19-7-3)17(18)11-16/h9-11,14,19H,5-8,12-13H2,1-4H3. The van der Waals surface area contributed by atoms with Crippen LogP contribution >= 0.6 is 15.9 Å². The molecule has 0 radical (unpaired) electrons. The first-order valence-corrected chi connectivity index (χ1v) is 8.69. The lowest BCUT2D eigenvalue weighted by Crippen LogP contribution is -2.29. The molecule has 0 bridgehead atoms. The van der Waals surface area contributed by atoms with Crippen LogP contribution in [-0.2, 0) is 6.54 Å². The summed E-state index contributed by atoms with van der Waals surface area (Å²) in [6, 6.07) is 6.75. The van der Waals surface area contributed by atoms with Gasteiger partial charge in [0.1, 0.15) is 0 Å². The van der Waals surface area contributed by atoms with E-state index in [1.54, 1.807) is 0 Å². The van der Waals surface area contributed by atoms with Gasteiger partial charge in [-0.3, -0.25) is 0 Å². The summed E-state index contributed by atoms with van der Waals surface area (Å²) >= 11 is 3.71. The number of nitrogens with one attached hydrogen (secondary N) is 1. The van der Waals surface area contributed by atoms with Crippen molar-refractivity contribution in [2.45, 2.75) is 47.1 Å². The highest BCUT2D eigenvalue weighted by Crippen LogP contribution is 2.25. The molecule has 0 saturated heterocycles. The van der Waals surface area contributed by atoms with E-state index in [4.69, 9.17) is 0 Å². The Bertz CT molecular complexity index is 389.